The van der Waals surface area contributed by atoms with Gasteiger partial charge in [-0.2, -0.15) is 5.10 Å². The van der Waals surface area contributed by atoms with Crippen molar-refractivity contribution in [1.82, 2.24) is 14.8 Å². The molecule has 4 rings (SSSR count). The van der Waals surface area contributed by atoms with Gasteiger partial charge >= 0.3 is 29.6 Å². The molecule has 0 saturated carbocycles. The van der Waals surface area contributed by atoms with Crippen molar-refractivity contribution in [3.63, 3.8) is 0 Å². The van der Waals surface area contributed by atoms with Crippen LogP contribution >= 0.6 is 23.2 Å². The van der Waals surface area contributed by atoms with Gasteiger partial charge in [0, 0.05) is 10.6 Å². The largest absolute Gasteiger partial charge is 1.00 e. The first kappa shape index (κ1) is 24.8. The van der Waals surface area contributed by atoms with Crippen molar-refractivity contribution in [3.05, 3.63) is 107 Å². The van der Waals surface area contributed by atoms with E-state index in [-0.39, 0.29) is 31.0 Å². The number of ether oxygens (including phenoxy) is 2. The number of halogens is 2. The quantitative estimate of drug-likeness (QED) is 0.363. The van der Waals surface area contributed by atoms with Crippen LogP contribution in [0.1, 0.15) is 19.5 Å². The molecule has 0 aliphatic heterocycles. The number of aromatic nitrogens is 3. The Morgan fingerprint density at radius 1 is 0.969 bits per heavy atom. The van der Waals surface area contributed by atoms with Crippen LogP contribution in [0.2, 0.25) is 10.0 Å². The van der Waals surface area contributed by atoms with Crippen LogP contribution in [0, 0.1) is 0 Å². The minimum atomic E-state index is -0.737. The molecule has 0 spiro atoms. The van der Waals surface area contributed by atoms with Gasteiger partial charge in [0.25, 0.3) is 0 Å². The Balaban J connectivity index is 0.00000193. The number of hydrogen-bond acceptors (Lipinski definition) is 4. The molecule has 1 atom stereocenters. The standard InChI is InChI=1S/C24H21Cl2N3O2.Na.H/c1-24(15-29-17-27-16-28-29,30-14-18-5-3-2-4-6-18)22-12-11-21(13-23(22)26)31-20-9-7-19(25)8-10-20;;/h2-13,16-17H,14-15H2,1H3;;/q;+1;-1. The maximum absolute atomic E-state index is 6.70. The number of benzene rings is 3. The molecule has 0 amide bonds. The number of nitrogens with zero attached hydrogens (tertiary/aromatic N) is 3. The van der Waals surface area contributed by atoms with E-state index in [1.54, 1.807) is 29.2 Å². The fourth-order valence-corrected chi connectivity index (χ4v) is 3.77. The molecule has 1 aromatic heterocycles. The second-order valence-electron chi connectivity index (χ2n) is 7.30. The van der Waals surface area contributed by atoms with Crippen molar-refractivity contribution >= 4 is 23.2 Å². The van der Waals surface area contributed by atoms with E-state index in [1.165, 1.54) is 6.33 Å². The molecule has 8 heteroatoms. The van der Waals surface area contributed by atoms with Gasteiger partial charge in [-0.1, -0.05) is 59.6 Å². The van der Waals surface area contributed by atoms with Crippen LogP contribution in [0.4, 0.5) is 0 Å². The molecule has 0 saturated heterocycles. The first-order valence-corrected chi connectivity index (χ1v) is 10.5. The second-order valence-corrected chi connectivity index (χ2v) is 8.14. The Labute approximate surface area is 221 Å². The van der Waals surface area contributed by atoms with Gasteiger partial charge in [-0.3, -0.25) is 0 Å². The molecular weight excluding hydrogens is 456 g/mol. The Bertz CT molecular complexity index is 1130. The van der Waals surface area contributed by atoms with Crippen LogP contribution in [-0.2, 0) is 23.5 Å². The van der Waals surface area contributed by atoms with Gasteiger partial charge in [0.05, 0.1) is 18.2 Å². The minimum Gasteiger partial charge on any atom is -1.00 e. The molecule has 0 radical (unpaired) electrons. The van der Waals surface area contributed by atoms with Crippen molar-refractivity contribution in [2.24, 2.45) is 0 Å². The van der Waals surface area contributed by atoms with Crippen LogP contribution < -0.4 is 34.3 Å². The molecule has 0 N–H and O–H groups in total. The van der Waals surface area contributed by atoms with Crippen LogP contribution in [0.25, 0.3) is 0 Å². The monoisotopic (exact) mass is 477 g/mol. The van der Waals surface area contributed by atoms with E-state index in [1.807, 2.05) is 61.5 Å². The Hall–Kier alpha value is -1.86. The van der Waals surface area contributed by atoms with Crippen LogP contribution in [-0.4, -0.2) is 14.8 Å². The summed E-state index contributed by atoms with van der Waals surface area (Å²) in [6, 6.07) is 22.8. The van der Waals surface area contributed by atoms with Gasteiger partial charge in [-0.05, 0) is 48.9 Å². The van der Waals surface area contributed by atoms with Crippen molar-refractivity contribution in [3.8, 4) is 11.5 Å². The van der Waals surface area contributed by atoms with Gasteiger partial charge < -0.3 is 10.9 Å². The Morgan fingerprint density at radius 3 is 2.34 bits per heavy atom. The van der Waals surface area contributed by atoms with E-state index in [2.05, 4.69) is 10.1 Å². The minimum absolute atomic E-state index is 0. The third-order valence-electron chi connectivity index (χ3n) is 4.89. The van der Waals surface area contributed by atoms with E-state index < -0.39 is 5.60 Å². The van der Waals surface area contributed by atoms with Crippen molar-refractivity contribution in [2.45, 2.75) is 25.7 Å². The summed E-state index contributed by atoms with van der Waals surface area (Å²) < 4.78 is 14.0. The van der Waals surface area contributed by atoms with E-state index in [4.69, 9.17) is 32.7 Å². The van der Waals surface area contributed by atoms with Crippen LogP contribution in [0.15, 0.2) is 85.5 Å². The Morgan fingerprint density at radius 2 is 1.69 bits per heavy atom. The summed E-state index contributed by atoms with van der Waals surface area (Å²) in [5.74, 6) is 1.31. The van der Waals surface area contributed by atoms with Crippen molar-refractivity contribution < 1.29 is 40.5 Å². The molecule has 0 aliphatic rings. The van der Waals surface area contributed by atoms with Crippen LogP contribution in [0.5, 0.6) is 11.5 Å². The van der Waals surface area contributed by atoms with Gasteiger partial charge in [0.2, 0.25) is 0 Å². The third-order valence-corrected chi connectivity index (χ3v) is 5.45. The van der Waals surface area contributed by atoms with Crippen molar-refractivity contribution in [2.75, 3.05) is 0 Å². The number of hydrogen-bond donors (Lipinski definition) is 0. The fourth-order valence-electron chi connectivity index (χ4n) is 3.28. The van der Waals surface area contributed by atoms with Gasteiger partial charge in [0.1, 0.15) is 29.8 Å². The summed E-state index contributed by atoms with van der Waals surface area (Å²) in [5, 5.41) is 5.44. The summed E-state index contributed by atoms with van der Waals surface area (Å²) in [6.45, 7) is 2.89. The predicted octanol–water partition coefficient (Wildman–Crippen LogP) is 3.63. The van der Waals surface area contributed by atoms with E-state index in [0.717, 1.165) is 11.1 Å². The summed E-state index contributed by atoms with van der Waals surface area (Å²) in [4.78, 5) is 4.04. The van der Waals surface area contributed by atoms with Crippen molar-refractivity contribution in [1.29, 1.82) is 0 Å². The Kier molecular flexibility index (Phi) is 8.77. The SMILES string of the molecule is CC(Cn1cncn1)(OCc1ccccc1)c1ccc(Oc2ccc(Cl)cc2)cc1Cl.[H-].[Na+]. The van der Waals surface area contributed by atoms with Crippen LogP contribution in [0.3, 0.4) is 0 Å². The summed E-state index contributed by atoms with van der Waals surface area (Å²) in [7, 11) is 0. The molecule has 0 fully saturated rings. The zero-order chi connectivity index (χ0) is 21.7. The molecule has 3 aromatic carbocycles. The molecule has 1 unspecified atom stereocenters. The molecule has 160 valence electrons. The molecule has 5 nitrogen and oxygen atoms in total. The summed E-state index contributed by atoms with van der Waals surface area (Å²) in [5.41, 5.74) is 1.18. The summed E-state index contributed by atoms with van der Waals surface area (Å²) in [6.07, 6.45) is 3.17. The van der Waals surface area contributed by atoms with Gasteiger partial charge in [0.15, 0.2) is 0 Å². The number of rotatable bonds is 8. The smallest absolute Gasteiger partial charge is 1.00 e. The molecule has 1 heterocycles. The zero-order valence-electron chi connectivity index (χ0n) is 18.9. The summed E-state index contributed by atoms with van der Waals surface area (Å²) >= 11 is 12.6. The molecule has 32 heavy (non-hydrogen) atoms. The third kappa shape index (κ3) is 6.35. The average Bonchev–Trinajstić information content (AvgIpc) is 3.27. The maximum Gasteiger partial charge on any atom is 1.00 e. The molecule has 0 aliphatic carbocycles. The maximum atomic E-state index is 6.70. The first-order chi connectivity index (χ1) is 15.0. The second kappa shape index (κ2) is 11.3. The van der Waals surface area contributed by atoms with E-state index in [9.17, 15) is 0 Å². The molecular formula is C24H22Cl2N3NaO2. The van der Waals surface area contributed by atoms with E-state index in [0.29, 0.717) is 34.7 Å². The fraction of sp³-hybridized carbons (Fsp3) is 0.167. The average molecular weight is 478 g/mol. The normalized spacial score (nSPS) is 12.6. The van der Waals surface area contributed by atoms with E-state index >= 15 is 0 Å². The molecule has 0 bridgehead atoms. The van der Waals surface area contributed by atoms with Gasteiger partial charge in [-0.15, -0.1) is 0 Å². The predicted molar refractivity (Wildman–Crippen MR) is 123 cm³/mol. The molecule has 4 aromatic rings. The zero-order valence-corrected chi connectivity index (χ0v) is 21.4. The first-order valence-electron chi connectivity index (χ1n) is 9.76. The topological polar surface area (TPSA) is 49.2 Å². The van der Waals surface area contributed by atoms with Gasteiger partial charge in [-0.25, -0.2) is 9.67 Å².